The number of aromatic nitrogens is 5. The zero-order valence-electron chi connectivity index (χ0n) is 16.7. The fourth-order valence-electron chi connectivity index (χ4n) is 3.66. The molecule has 1 aliphatic rings. The molecule has 150 valence electrons. The third kappa shape index (κ3) is 4.11. The Bertz CT molecular complexity index is 1040. The van der Waals surface area contributed by atoms with Crippen LogP contribution in [0.4, 0.5) is 0 Å². The van der Waals surface area contributed by atoms with Crippen molar-refractivity contribution in [2.45, 2.75) is 26.3 Å². The minimum absolute atomic E-state index is 0.0215. The van der Waals surface area contributed by atoms with Gasteiger partial charge in [0.15, 0.2) is 5.69 Å². The first-order valence-electron chi connectivity index (χ1n) is 9.78. The van der Waals surface area contributed by atoms with E-state index in [0.29, 0.717) is 36.9 Å². The molecule has 4 rings (SSSR count). The number of hydrogen-bond acceptors (Lipinski definition) is 5. The lowest BCUT2D eigenvalue weighted by atomic mass is 9.96. The lowest BCUT2D eigenvalue weighted by Crippen LogP contribution is -2.40. The van der Waals surface area contributed by atoms with Crippen LogP contribution in [0.1, 0.15) is 29.0 Å². The third-order valence-electron chi connectivity index (χ3n) is 5.53. The topological polar surface area (TPSA) is 85.9 Å². The van der Waals surface area contributed by atoms with E-state index < -0.39 is 0 Å². The summed E-state index contributed by atoms with van der Waals surface area (Å²) < 4.78 is 3.37. The van der Waals surface area contributed by atoms with Crippen LogP contribution in [0.2, 0.25) is 0 Å². The largest absolute Gasteiger partial charge is 0.337 e. The van der Waals surface area contributed by atoms with Crippen molar-refractivity contribution in [3.8, 4) is 11.3 Å². The number of carbonyl (C=O) groups excluding carboxylic acids is 1. The lowest BCUT2D eigenvalue weighted by Gasteiger charge is -2.31. The van der Waals surface area contributed by atoms with Gasteiger partial charge in [-0.05, 0) is 43.9 Å². The molecule has 0 spiro atoms. The standard InChI is InChI=1S/C21H24N6O2/c1-15-10-19(24-25(15)2)21(29)26-8-5-16(6-9-26)13-27-14-23-18(11-20(27)28)17-4-3-7-22-12-17/h3-4,7,10-12,14,16H,5-6,8-9,13H2,1-2H3. The summed E-state index contributed by atoms with van der Waals surface area (Å²) in [5.74, 6) is 0.320. The Hall–Kier alpha value is -3.29. The maximum Gasteiger partial charge on any atom is 0.274 e. The van der Waals surface area contributed by atoms with E-state index in [4.69, 9.17) is 0 Å². The van der Waals surface area contributed by atoms with Crippen molar-refractivity contribution in [2.24, 2.45) is 13.0 Å². The van der Waals surface area contributed by atoms with Crippen LogP contribution in [-0.4, -0.2) is 48.2 Å². The minimum Gasteiger partial charge on any atom is -0.337 e. The van der Waals surface area contributed by atoms with Crippen LogP contribution in [0.15, 0.2) is 47.8 Å². The van der Waals surface area contributed by atoms with Gasteiger partial charge in [0.25, 0.3) is 11.5 Å². The molecule has 0 atom stereocenters. The first-order chi connectivity index (χ1) is 14.0. The van der Waals surface area contributed by atoms with Crippen LogP contribution in [-0.2, 0) is 13.6 Å². The SMILES string of the molecule is Cc1cc(C(=O)N2CCC(Cn3cnc(-c4cccnc4)cc3=O)CC2)nn1C. The Morgan fingerprint density at radius 3 is 2.66 bits per heavy atom. The first-order valence-corrected chi connectivity index (χ1v) is 9.78. The van der Waals surface area contributed by atoms with E-state index in [1.165, 1.54) is 0 Å². The summed E-state index contributed by atoms with van der Waals surface area (Å²) in [5, 5.41) is 4.28. The zero-order chi connectivity index (χ0) is 20.4. The molecule has 1 fully saturated rings. The van der Waals surface area contributed by atoms with Crippen molar-refractivity contribution in [3.05, 3.63) is 64.7 Å². The monoisotopic (exact) mass is 392 g/mol. The van der Waals surface area contributed by atoms with Crippen molar-refractivity contribution in [1.82, 2.24) is 29.2 Å². The number of likely N-dealkylation sites (tertiary alicyclic amines) is 1. The molecule has 0 unspecified atom stereocenters. The maximum absolute atomic E-state index is 12.6. The fourth-order valence-corrected chi connectivity index (χ4v) is 3.66. The van der Waals surface area contributed by atoms with Crippen molar-refractivity contribution in [3.63, 3.8) is 0 Å². The number of carbonyl (C=O) groups is 1. The number of amides is 1. The first kappa shape index (κ1) is 19.0. The van der Waals surface area contributed by atoms with Gasteiger partial charge >= 0.3 is 0 Å². The number of piperidine rings is 1. The highest BCUT2D eigenvalue weighted by Crippen LogP contribution is 2.20. The molecule has 29 heavy (non-hydrogen) atoms. The highest BCUT2D eigenvalue weighted by molar-refractivity contribution is 5.92. The average molecular weight is 392 g/mol. The Labute approximate surface area is 168 Å². The van der Waals surface area contributed by atoms with Crippen molar-refractivity contribution < 1.29 is 4.79 Å². The smallest absolute Gasteiger partial charge is 0.274 e. The Balaban J connectivity index is 1.37. The average Bonchev–Trinajstić information content (AvgIpc) is 3.08. The number of aryl methyl sites for hydroxylation is 2. The highest BCUT2D eigenvalue weighted by Gasteiger charge is 2.25. The second kappa shape index (κ2) is 7.98. The molecule has 0 saturated carbocycles. The molecule has 0 N–H and O–H groups in total. The minimum atomic E-state index is -0.0682. The van der Waals surface area contributed by atoms with E-state index in [9.17, 15) is 9.59 Å². The number of rotatable bonds is 4. The van der Waals surface area contributed by atoms with Gasteiger partial charge in [0.2, 0.25) is 0 Å². The van der Waals surface area contributed by atoms with Gasteiger partial charge < -0.3 is 4.90 Å². The molecule has 8 heteroatoms. The highest BCUT2D eigenvalue weighted by atomic mass is 16.2. The van der Waals surface area contributed by atoms with Crippen LogP contribution in [0.25, 0.3) is 11.3 Å². The van der Waals surface area contributed by atoms with E-state index in [0.717, 1.165) is 24.1 Å². The van der Waals surface area contributed by atoms with Crippen LogP contribution >= 0.6 is 0 Å². The van der Waals surface area contributed by atoms with E-state index in [2.05, 4.69) is 15.1 Å². The summed E-state index contributed by atoms with van der Waals surface area (Å²) in [5.41, 5.74) is 2.85. The lowest BCUT2D eigenvalue weighted by molar-refractivity contribution is 0.0675. The van der Waals surface area contributed by atoms with Crippen LogP contribution < -0.4 is 5.56 Å². The van der Waals surface area contributed by atoms with Crippen molar-refractivity contribution >= 4 is 5.91 Å². The Morgan fingerprint density at radius 2 is 2.03 bits per heavy atom. The zero-order valence-corrected chi connectivity index (χ0v) is 16.7. The molecule has 0 radical (unpaired) electrons. The van der Waals surface area contributed by atoms with Crippen LogP contribution in [0.5, 0.6) is 0 Å². The molecule has 0 bridgehead atoms. The van der Waals surface area contributed by atoms with Gasteiger partial charge in [-0.2, -0.15) is 5.10 Å². The van der Waals surface area contributed by atoms with Gasteiger partial charge in [-0.25, -0.2) is 4.98 Å². The molecule has 1 saturated heterocycles. The summed E-state index contributed by atoms with van der Waals surface area (Å²) in [4.78, 5) is 35.5. The van der Waals surface area contributed by atoms with E-state index >= 15 is 0 Å². The molecule has 0 aliphatic carbocycles. The molecule has 1 amide bonds. The molecule has 8 nitrogen and oxygen atoms in total. The van der Waals surface area contributed by atoms with Gasteiger partial charge in [0, 0.05) is 56.4 Å². The van der Waals surface area contributed by atoms with E-state index in [1.807, 2.05) is 37.1 Å². The van der Waals surface area contributed by atoms with Gasteiger partial charge in [-0.3, -0.25) is 23.8 Å². The van der Waals surface area contributed by atoms with Gasteiger partial charge in [-0.1, -0.05) is 0 Å². The molecule has 1 aliphatic heterocycles. The van der Waals surface area contributed by atoms with Crippen molar-refractivity contribution in [1.29, 1.82) is 0 Å². The molecule has 4 heterocycles. The summed E-state index contributed by atoms with van der Waals surface area (Å²) in [6, 6.07) is 7.08. The third-order valence-corrected chi connectivity index (χ3v) is 5.53. The second-order valence-corrected chi connectivity index (χ2v) is 7.54. The molecular weight excluding hydrogens is 368 g/mol. The number of hydrogen-bond donors (Lipinski definition) is 0. The van der Waals surface area contributed by atoms with Crippen LogP contribution in [0.3, 0.4) is 0 Å². The quantitative estimate of drug-likeness (QED) is 0.677. The van der Waals surface area contributed by atoms with Gasteiger partial charge in [0.05, 0.1) is 12.0 Å². The predicted octanol–water partition coefficient (Wildman–Crippen LogP) is 1.90. The Kier molecular flexibility index (Phi) is 5.24. The number of pyridine rings is 1. The molecule has 0 aromatic carbocycles. The second-order valence-electron chi connectivity index (χ2n) is 7.54. The fraction of sp³-hybridized carbons (Fsp3) is 0.381. The summed E-state index contributed by atoms with van der Waals surface area (Å²) in [6.45, 7) is 3.90. The van der Waals surface area contributed by atoms with E-state index in [-0.39, 0.29) is 11.5 Å². The Morgan fingerprint density at radius 1 is 1.24 bits per heavy atom. The molecule has 3 aromatic rings. The maximum atomic E-state index is 12.6. The summed E-state index contributed by atoms with van der Waals surface area (Å²) in [6.07, 6.45) is 6.71. The summed E-state index contributed by atoms with van der Waals surface area (Å²) in [7, 11) is 1.84. The van der Waals surface area contributed by atoms with Gasteiger partial charge in [-0.15, -0.1) is 0 Å². The normalized spacial score (nSPS) is 14.9. The van der Waals surface area contributed by atoms with Gasteiger partial charge in [0.1, 0.15) is 0 Å². The summed E-state index contributed by atoms with van der Waals surface area (Å²) >= 11 is 0. The molecular formula is C21H24N6O2. The molecule has 3 aromatic heterocycles. The number of nitrogens with zero attached hydrogens (tertiary/aromatic N) is 6. The van der Waals surface area contributed by atoms with E-state index in [1.54, 1.807) is 34.0 Å². The predicted molar refractivity (Wildman–Crippen MR) is 108 cm³/mol. The van der Waals surface area contributed by atoms with Crippen molar-refractivity contribution in [2.75, 3.05) is 13.1 Å². The van der Waals surface area contributed by atoms with Crippen LogP contribution in [0, 0.1) is 12.8 Å².